The Hall–Kier alpha value is -1.38. The quantitative estimate of drug-likeness (QED) is 0.745. The third kappa shape index (κ3) is 4.05. The van der Waals surface area contributed by atoms with Gasteiger partial charge in [0.1, 0.15) is 17.2 Å². The van der Waals surface area contributed by atoms with E-state index in [1.807, 2.05) is 0 Å². The lowest BCUT2D eigenvalue weighted by Gasteiger charge is -2.36. The van der Waals surface area contributed by atoms with Gasteiger partial charge in [0.05, 0.1) is 0 Å². The molecule has 108 valence electrons. The molecule has 0 aromatic heterocycles. The third-order valence-electron chi connectivity index (χ3n) is 3.33. The maximum absolute atomic E-state index is 10.1. The number of phenols is 3. The summed E-state index contributed by atoms with van der Waals surface area (Å²) in [6.45, 7) is 12.7. The predicted molar refractivity (Wildman–Crippen MR) is 77.7 cm³/mol. The first-order valence-corrected chi connectivity index (χ1v) is 6.66. The molecule has 0 heterocycles. The van der Waals surface area contributed by atoms with E-state index in [4.69, 9.17) is 0 Å². The molecular formula is C16H26O3. The molecule has 1 atom stereocenters. The summed E-state index contributed by atoms with van der Waals surface area (Å²) >= 11 is 0. The Balaban J connectivity index is 3.34. The molecule has 1 rings (SSSR count). The lowest BCUT2D eigenvalue weighted by Crippen LogP contribution is -2.24. The minimum Gasteiger partial charge on any atom is -0.508 e. The van der Waals surface area contributed by atoms with Gasteiger partial charge in [0.2, 0.25) is 0 Å². The third-order valence-corrected chi connectivity index (χ3v) is 3.33. The van der Waals surface area contributed by atoms with Gasteiger partial charge in [-0.2, -0.15) is 0 Å². The number of rotatable bonds is 2. The van der Waals surface area contributed by atoms with Crippen molar-refractivity contribution in [2.24, 2.45) is 10.8 Å². The largest absolute Gasteiger partial charge is 0.508 e. The molecule has 0 bridgehead atoms. The average molecular weight is 266 g/mol. The van der Waals surface area contributed by atoms with Crippen LogP contribution in [-0.4, -0.2) is 15.3 Å². The van der Waals surface area contributed by atoms with E-state index in [0.717, 1.165) is 6.42 Å². The summed E-state index contributed by atoms with van der Waals surface area (Å²) in [7, 11) is 0. The van der Waals surface area contributed by atoms with Crippen LogP contribution in [0.25, 0.3) is 0 Å². The molecule has 0 saturated heterocycles. The van der Waals surface area contributed by atoms with Crippen LogP contribution in [0.2, 0.25) is 0 Å². The Morgan fingerprint density at radius 3 is 1.63 bits per heavy atom. The molecule has 3 nitrogen and oxygen atoms in total. The van der Waals surface area contributed by atoms with Crippen LogP contribution in [0.15, 0.2) is 12.1 Å². The van der Waals surface area contributed by atoms with Crippen molar-refractivity contribution in [2.75, 3.05) is 0 Å². The van der Waals surface area contributed by atoms with Gasteiger partial charge in [-0.3, -0.25) is 0 Å². The molecule has 0 aliphatic rings. The van der Waals surface area contributed by atoms with Crippen molar-refractivity contribution in [1.29, 1.82) is 0 Å². The molecule has 3 heteroatoms. The van der Waals surface area contributed by atoms with Crippen molar-refractivity contribution in [1.82, 2.24) is 0 Å². The van der Waals surface area contributed by atoms with E-state index < -0.39 is 0 Å². The van der Waals surface area contributed by atoms with Gasteiger partial charge in [-0.25, -0.2) is 0 Å². The van der Waals surface area contributed by atoms with E-state index in [9.17, 15) is 15.3 Å². The minimum atomic E-state index is -0.123. The molecule has 0 spiro atoms. The topological polar surface area (TPSA) is 60.7 Å². The van der Waals surface area contributed by atoms with E-state index in [-0.39, 0.29) is 34.0 Å². The highest BCUT2D eigenvalue weighted by atomic mass is 16.3. The van der Waals surface area contributed by atoms with Gasteiger partial charge in [0.15, 0.2) is 0 Å². The summed E-state index contributed by atoms with van der Waals surface area (Å²) < 4.78 is 0. The van der Waals surface area contributed by atoms with E-state index in [2.05, 4.69) is 41.5 Å². The lowest BCUT2D eigenvalue weighted by atomic mass is 9.68. The van der Waals surface area contributed by atoms with Gasteiger partial charge in [0, 0.05) is 17.7 Å². The van der Waals surface area contributed by atoms with Crippen LogP contribution in [0, 0.1) is 10.8 Å². The maximum Gasteiger partial charge on any atom is 0.126 e. The summed E-state index contributed by atoms with van der Waals surface area (Å²) in [6, 6.07) is 2.58. The highest BCUT2D eigenvalue weighted by Gasteiger charge is 2.34. The zero-order valence-electron chi connectivity index (χ0n) is 12.8. The molecule has 3 N–H and O–H groups in total. The van der Waals surface area contributed by atoms with Gasteiger partial charge >= 0.3 is 0 Å². The predicted octanol–water partition coefficient (Wildman–Crippen LogP) is 4.37. The smallest absolute Gasteiger partial charge is 0.126 e. The highest BCUT2D eigenvalue weighted by Crippen LogP contribution is 2.49. The molecule has 0 aliphatic heterocycles. The number of hydrogen-bond acceptors (Lipinski definition) is 3. The normalized spacial score (nSPS) is 14.4. The van der Waals surface area contributed by atoms with Gasteiger partial charge in [-0.05, 0) is 23.2 Å². The monoisotopic (exact) mass is 266 g/mol. The molecule has 0 saturated carbocycles. The summed E-state index contributed by atoms with van der Waals surface area (Å²) in [5, 5.41) is 29.6. The molecular weight excluding hydrogens is 240 g/mol. The van der Waals surface area contributed by atoms with E-state index in [1.54, 1.807) is 0 Å². The highest BCUT2D eigenvalue weighted by molar-refractivity contribution is 5.51. The van der Waals surface area contributed by atoms with Gasteiger partial charge in [0.25, 0.3) is 0 Å². The fourth-order valence-electron chi connectivity index (χ4n) is 2.42. The van der Waals surface area contributed by atoms with Crippen LogP contribution in [0.1, 0.15) is 59.4 Å². The van der Waals surface area contributed by atoms with Crippen molar-refractivity contribution in [3.8, 4) is 17.2 Å². The number of hydrogen-bond donors (Lipinski definition) is 3. The number of phenolic OH excluding ortho intramolecular Hbond substituents is 3. The van der Waals surface area contributed by atoms with Crippen molar-refractivity contribution in [3.05, 3.63) is 17.7 Å². The maximum atomic E-state index is 10.1. The molecule has 1 aromatic rings. The summed E-state index contributed by atoms with van der Waals surface area (Å²) in [6.07, 6.45) is 0.836. The Labute approximate surface area is 115 Å². The van der Waals surface area contributed by atoms with Crippen molar-refractivity contribution < 1.29 is 15.3 Å². The molecule has 1 unspecified atom stereocenters. The first kappa shape index (κ1) is 15.7. The van der Waals surface area contributed by atoms with Crippen molar-refractivity contribution >= 4 is 0 Å². The van der Waals surface area contributed by atoms with E-state index >= 15 is 0 Å². The van der Waals surface area contributed by atoms with E-state index in [1.165, 1.54) is 12.1 Å². The first-order valence-electron chi connectivity index (χ1n) is 6.66. The zero-order chi connectivity index (χ0) is 15.0. The average Bonchev–Trinajstić information content (AvgIpc) is 2.10. The molecule has 19 heavy (non-hydrogen) atoms. The van der Waals surface area contributed by atoms with Gasteiger partial charge in [-0.15, -0.1) is 0 Å². The standard InChI is InChI=1S/C16H26O3/c1-15(2,3)9-11(16(4,5)6)14-12(18)7-10(17)8-13(14)19/h7-8,11,17-19H,9H2,1-6H3. The fraction of sp³-hybridized carbons (Fsp3) is 0.625. The molecule has 0 amide bonds. The summed E-state index contributed by atoms with van der Waals surface area (Å²) in [5.74, 6) is -0.196. The lowest BCUT2D eigenvalue weighted by molar-refractivity contribution is 0.221. The minimum absolute atomic E-state index is 0.00750. The summed E-state index contributed by atoms with van der Waals surface area (Å²) in [4.78, 5) is 0. The van der Waals surface area contributed by atoms with Crippen molar-refractivity contribution in [3.63, 3.8) is 0 Å². The van der Waals surface area contributed by atoms with Crippen LogP contribution in [0.5, 0.6) is 17.2 Å². The van der Waals surface area contributed by atoms with Crippen LogP contribution < -0.4 is 0 Å². The Kier molecular flexibility index (Phi) is 4.08. The second-order valence-corrected chi connectivity index (χ2v) is 7.58. The van der Waals surface area contributed by atoms with Gasteiger partial charge < -0.3 is 15.3 Å². The fourth-order valence-corrected chi connectivity index (χ4v) is 2.42. The molecule has 0 fully saturated rings. The van der Waals surface area contributed by atoms with Crippen LogP contribution in [0.3, 0.4) is 0 Å². The number of benzene rings is 1. The Bertz CT molecular complexity index is 427. The van der Waals surface area contributed by atoms with Crippen LogP contribution in [-0.2, 0) is 0 Å². The molecule has 1 aromatic carbocycles. The number of aromatic hydroxyl groups is 3. The van der Waals surface area contributed by atoms with Gasteiger partial charge in [-0.1, -0.05) is 41.5 Å². The molecule has 0 aliphatic carbocycles. The van der Waals surface area contributed by atoms with E-state index in [0.29, 0.717) is 5.56 Å². The Morgan fingerprint density at radius 1 is 0.895 bits per heavy atom. The van der Waals surface area contributed by atoms with Crippen LogP contribution in [0.4, 0.5) is 0 Å². The SMILES string of the molecule is CC(C)(C)CC(c1c(O)cc(O)cc1O)C(C)(C)C. The second-order valence-electron chi connectivity index (χ2n) is 7.58. The Morgan fingerprint density at radius 2 is 1.32 bits per heavy atom. The first-order chi connectivity index (χ1) is 8.42. The van der Waals surface area contributed by atoms with Crippen LogP contribution >= 0.6 is 0 Å². The second kappa shape index (κ2) is 4.95. The zero-order valence-corrected chi connectivity index (χ0v) is 12.8. The molecule has 0 radical (unpaired) electrons. The summed E-state index contributed by atoms with van der Waals surface area (Å²) in [5.41, 5.74) is 0.508. The van der Waals surface area contributed by atoms with Crippen molar-refractivity contribution in [2.45, 2.75) is 53.9 Å².